The largest absolute Gasteiger partial charge is 0.494 e. The fourth-order valence-corrected chi connectivity index (χ4v) is 2.33. The molecule has 0 bridgehead atoms. The Morgan fingerprint density at radius 2 is 1.93 bits per heavy atom. The summed E-state index contributed by atoms with van der Waals surface area (Å²) in [7, 11) is 1.33. The number of nitrogens with zero attached hydrogens (tertiary/aromatic N) is 1. The van der Waals surface area contributed by atoms with Gasteiger partial charge in [-0.05, 0) is 37.1 Å². The summed E-state index contributed by atoms with van der Waals surface area (Å²) in [5.74, 6) is -1.13. The molecule has 1 atom stereocenters. The molecule has 146 valence electrons. The van der Waals surface area contributed by atoms with E-state index in [1.54, 1.807) is 6.08 Å². The lowest BCUT2D eigenvalue weighted by atomic mass is 10.1. The topological polar surface area (TPSA) is 108 Å². The minimum Gasteiger partial charge on any atom is -0.494 e. The molecule has 0 unspecified atom stereocenters. The van der Waals surface area contributed by atoms with Gasteiger partial charge in [0.2, 0.25) is 0 Å². The van der Waals surface area contributed by atoms with Crippen LogP contribution < -0.4 is 10.1 Å². The number of nitro benzene ring substituents is 1. The summed E-state index contributed by atoms with van der Waals surface area (Å²) in [6.45, 7) is 3.34. The number of benzene rings is 2. The molecule has 0 saturated heterocycles. The van der Waals surface area contributed by atoms with Crippen molar-refractivity contribution >= 4 is 29.3 Å². The Hall–Kier alpha value is -3.68. The second kappa shape index (κ2) is 9.31. The molecular formula is C20H20N2O6. The van der Waals surface area contributed by atoms with E-state index in [1.165, 1.54) is 38.3 Å². The molecule has 0 radical (unpaired) electrons. The van der Waals surface area contributed by atoms with Crippen LogP contribution in [0.25, 0.3) is 6.08 Å². The van der Waals surface area contributed by atoms with Gasteiger partial charge in [0.05, 0.1) is 23.8 Å². The number of amides is 1. The number of hydrogen-bond donors (Lipinski definition) is 1. The summed E-state index contributed by atoms with van der Waals surface area (Å²) < 4.78 is 10.2. The molecule has 0 fully saturated rings. The van der Waals surface area contributed by atoms with E-state index in [2.05, 4.69) is 5.32 Å². The maximum Gasteiger partial charge on any atom is 0.331 e. The Kier molecular flexibility index (Phi) is 6.86. The van der Waals surface area contributed by atoms with Gasteiger partial charge in [-0.3, -0.25) is 14.9 Å². The van der Waals surface area contributed by atoms with Gasteiger partial charge in [0.15, 0.2) is 6.10 Å². The number of anilines is 1. The monoisotopic (exact) mass is 384 g/mol. The molecule has 28 heavy (non-hydrogen) atoms. The van der Waals surface area contributed by atoms with Crippen molar-refractivity contribution in [3.63, 3.8) is 0 Å². The average molecular weight is 384 g/mol. The van der Waals surface area contributed by atoms with Crippen LogP contribution in [-0.2, 0) is 14.3 Å². The first-order valence-corrected chi connectivity index (χ1v) is 8.39. The number of nitro groups is 1. The van der Waals surface area contributed by atoms with Crippen molar-refractivity contribution in [1.82, 2.24) is 0 Å². The highest BCUT2D eigenvalue weighted by atomic mass is 16.6. The third-order valence-corrected chi connectivity index (χ3v) is 3.90. The lowest BCUT2D eigenvalue weighted by Gasteiger charge is -2.14. The molecule has 8 nitrogen and oxygen atoms in total. The quantitative estimate of drug-likeness (QED) is 0.339. The van der Waals surface area contributed by atoms with E-state index in [1.807, 2.05) is 31.2 Å². The summed E-state index contributed by atoms with van der Waals surface area (Å²) in [4.78, 5) is 34.5. The predicted molar refractivity (Wildman–Crippen MR) is 104 cm³/mol. The molecule has 2 rings (SSSR count). The number of esters is 1. The third kappa shape index (κ3) is 5.41. The minimum absolute atomic E-state index is 0.125. The molecule has 0 aliphatic heterocycles. The highest BCUT2D eigenvalue weighted by Gasteiger charge is 2.19. The Morgan fingerprint density at radius 3 is 2.57 bits per heavy atom. The van der Waals surface area contributed by atoms with Gasteiger partial charge in [0.1, 0.15) is 5.75 Å². The number of carbonyl (C=O) groups excluding carboxylic acids is 2. The molecule has 0 heterocycles. The first kappa shape index (κ1) is 20.6. The number of methoxy groups -OCH3 is 1. The lowest BCUT2D eigenvalue weighted by molar-refractivity contribution is -0.384. The molecule has 1 N–H and O–H groups in total. The Bertz CT molecular complexity index is 923. The molecule has 0 aliphatic rings. The molecular weight excluding hydrogens is 364 g/mol. The van der Waals surface area contributed by atoms with Gasteiger partial charge in [-0.1, -0.05) is 24.3 Å². The summed E-state index contributed by atoms with van der Waals surface area (Å²) in [5, 5.41) is 13.3. The SMILES string of the molecule is COc1cc([N+](=O)[O-])ccc1NC(=O)[C@@H](C)OC(=O)/C=C/c1ccccc1C. The molecule has 0 aromatic heterocycles. The number of carbonyl (C=O) groups is 2. The van der Waals surface area contributed by atoms with Crippen molar-refractivity contribution < 1.29 is 24.0 Å². The zero-order valence-corrected chi connectivity index (χ0v) is 15.7. The second-order valence-corrected chi connectivity index (χ2v) is 5.90. The Labute approximate surface area is 161 Å². The van der Waals surface area contributed by atoms with Gasteiger partial charge in [-0.25, -0.2) is 4.79 Å². The summed E-state index contributed by atoms with van der Waals surface area (Å²) in [6, 6.07) is 11.3. The van der Waals surface area contributed by atoms with E-state index in [4.69, 9.17) is 9.47 Å². The zero-order chi connectivity index (χ0) is 20.7. The second-order valence-electron chi connectivity index (χ2n) is 5.90. The van der Waals surface area contributed by atoms with E-state index in [-0.39, 0.29) is 17.1 Å². The Balaban J connectivity index is 2.00. The van der Waals surface area contributed by atoms with Crippen molar-refractivity contribution in [1.29, 1.82) is 0 Å². The van der Waals surface area contributed by atoms with E-state index >= 15 is 0 Å². The molecule has 0 spiro atoms. The molecule has 0 aliphatic carbocycles. The molecule has 8 heteroatoms. The van der Waals surface area contributed by atoms with Crippen LogP contribution >= 0.6 is 0 Å². The molecule has 1 amide bonds. The van der Waals surface area contributed by atoms with Crippen LogP contribution in [0.4, 0.5) is 11.4 Å². The average Bonchev–Trinajstić information content (AvgIpc) is 2.67. The fourth-order valence-electron chi connectivity index (χ4n) is 2.33. The number of nitrogens with one attached hydrogen (secondary N) is 1. The van der Waals surface area contributed by atoms with Crippen molar-refractivity contribution in [2.45, 2.75) is 20.0 Å². The molecule has 2 aromatic rings. The van der Waals surface area contributed by atoms with Crippen LogP contribution in [0.3, 0.4) is 0 Å². The maximum absolute atomic E-state index is 12.3. The number of aryl methyl sites for hydroxylation is 1. The lowest BCUT2D eigenvalue weighted by Crippen LogP contribution is -2.29. The molecule has 2 aromatic carbocycles. The zero-order valence-electron chi connectivity index (χ0n) is 15.7. The van der Waals surface area contributed by atoms with Crippen LogP contribution in [0, 0.1) is 17.0 Å². The predicted octanol–water partition coefficient (Wildman–Crippen LogP) is 3.50. The maximum atomic E-state index is 12.3. The number of ether oxygens (including phenoxy) is 2. The van der Waals surface area contributed by atoms with Gasteiger partial charge in [-0.15, -0.1) is 0 Å². The van der Waals surface area contributed by atoms with Gasteiger partial charge >= 0.3 is 5.97 Å². The van der Waals surface area contributed by atoms with E-state index in [9.17, 15) is 19.7 Å². The van der Waals surface area contributed by atoms with Crippen LogP contribution in [-0.4, -0.2) is 30.0 Å². The van der Waals surface area contributed by atoms with Crippen LogP contribution in [0.1, 0.15) is 18.1 Å². The summed E-state index contributed by atoms with van der Waals surface area (Å²) in [6.07, 6.45) is 1.79. The van der Waals surface area contributed by atoms with E-state index in [0.29, 0.717) is 0 Å². The highest BCUT2D eigenvalue weighted by Crippen LogP contribution is 2.29. The van der Waals surface area contributed by atoms with E-state index in [0.717, 1.165) is 11.1 Å². The first-order valence-electron chi connectivity index (χ1n) is 8.39. The van der Waals surface area contributed by atoms with Crippen molar-refractivity contribution in [3.8, 4) is 5.75 Å². The number of hydrogen-bond acceptors (Lipinski definition) is 6. The first-order chi connectivity index (χ1) is 13.3. The summed E-state index contributed by atoms with van der Waals surface area (Å²) in [5.41, 5.74) is 1.93. The standard InChI is InChI=1S/C20H20N2O6/c1-13-6-4-5-7-15(13)8-11-19(23)28-14(2)20(24)21-17-10-9-16(22(25)26)12-18(17)27-3/h4-12,14H,1-3H3,(H,21,24)/b11-8+/t14-/m1/s1. The van der Waals surface area contributed by atoms with Crippen molar-refractivity contribution in [3.05, 3.63) is 69.8 Å². The van der Waals surface area contributed by atoms with Crippen LogP contribution in [0.2, 0.25) is 0 Å². The highest BCUT2D eigenvalue weighted by molar-refractivity contribution is 5.97. The van der Waals surface area contributed by atoms with Gasteiger partial charge < -0.3 is 14.8 Å². The normalized spacial score (nSPS) is 11.7. The Morgan fingerprint density at radius 1 is 1.21 bits per heavy atom. The third-order valence-electron chi connectivity index (χ3n) is 3.90. The number of non-ortho nitro benzene ring substituents is 1. The van der Waals surface area contributed by atoms with Gasteiger partial charge in [-0.2, -0.15) is 0 Å². The van der Waals surface area contributed by atoms with Gasteiger partial charge in [0, 0.05) is 12.1 Å². The van der Waals surface area contributed by atoms with Crippen molar-refractivity contribution in [2.75, 3.05) is 12.4 Å². The van der Waals surface area contributed by atoms with Gasteiger partial charge in [0.25, 0.3) is 11.6 Å². The molecule has 0 saturated carbocycles. The van der Waals surface area contributed by atoms with E-state index < -0.39 is 22.9 Å². The fraction of sp³-hybridized carbons (Fsp3) is 0.200. The van der Waals surface area contributed by atoms with Crippen LogP contribution in [0.5, 0.6) is 5.75 Å². The minimum atomic E-state index is -1.08. The summed E-state index contributed by atoms with van der Waals surface area (Å²) >= 11 is 0. The van der Waals surface area contributed by atoms with Crippen molar-refractivity contribution in [2.24, 2.45) is 0 Å². The number of rotatable bonds is 7. The smallest absolute Gasteiger partial charge is 0.331 e. The van der Waals surface area contributed by atoms with Crippen LogP contribution in [0.15, 0.2) is 48.5 Å².